The Bertz CT molecular complexity index is 356. The molecule has 0 radical (unpaired) electrons. The van der Waals surface area contributed by atoms with Crippen LogP contribution >= 0.6 is 11.6 Å². The van der Waals surface area contributed by atoms with E-state index >= 15 is 0 Å². The molecule has 0 aromatic heterocycles. The molecule has 0 saturated carbocycles. The zero-order valence-electron chi connectivity index (χ0n) is 12.1. The third-order valence-corrected chi connectivity index (χ3v) is 4.28. The maximum Gasteiger partial charge on any atom is 0.0438 e. The second-order valence-corrected chi connectivity index (χ2v) is 5.92. The summed E-state index contributed by atoms with van der Waals surface area (Å²) in [7, 11) is 0. The molecule has 1 rings (SSSR count). The third-order valence-electron chi connectivity index (χ3n) is 3.91. The third kappa shape index (κ3) is 4.29. The Kier molecular flexibility index (Phi) is 6.17. The van der Waals surface area contributed by atoms with Crippen LogP contribution in [0.15, 0.2) is 24.3 Å². The fourth-order valence-electron chi connectivity index (χ4n) is 2.28. The van der Waals surface area contributed by atoms with E-state index in [4.69, 9.17) is 11.6 Å². The number of hydrogen-bond donors (Lipinski definition) is 1. The summed E-state index contributed by atoms with van der Waals surface area (Å²) in [6.07, 6.45) is 3.41. The van der Waals surface area contributed by atoms with Crippen LogP contribution in [0.3, 0.4) is 0 Å². The van der Waals surface area contributed by atoms with Gasteiger partial charge >= 0.3 is 0 Å². The van der Waals surface area contributed by atoms with Gasteiger partial charge < -0.3 is 5.32 Å². The van der Waals surface area contributed by atoms with Gasteiger partial charge in [0.25, 0.3) is 0 Å². The fourth-order valence-corrected chi connectivity index (χ4v) is 2.48. The van der Waals surface area contributed by atoms with Gasteiger partial charge in [-0.15, -0.1) is 0 Å². The van der Waals surface area contributed by atoms with Gasteiger partial charge in [0.05, 0.1) is 0 Å². The summed E-state index contributed by atoms with van der Waals surface area (Å²) in [5.74, 6) is 0. The zero-order chi connectivity index (χ0) is 13.6. The minimum Gasteiger partial charge on any atom is -0.314 e. The smallest absolute Gasteiger partial charge is 0.0438 e. The predicted octanol–water partition coefficient (Wildman–Crippen LogP) is 4.69. The summed E-state index contributed by atoms with van der Waals surface area (Å²) in [6.45, 7) is 10.0. The Labute approximate surface area is 117 Å². The minimum absolute atomic E-state index is 0.315. The van der Waals surface area contributed by atoms with Crippen molar-refractivity contribution >= 4 is 11.6 Å². The molecule has 1 aromatic carbocycles. The van der Waals surface area contributed by atoms with Crippen molar-refractivity contribution in [2.45, 2.75) is 53.0 Å². The molecule has 0 unspecified atom stereocenters. The molecule has 0 aliphatic carbocycles. The van der Waals surface area contributed by atoms with Crippen molar-refractivity contribution in [2.75, 3.05) is 6.54 Å². The van der Waals surface area contributed by atoms with Crippen LogP contribution < -0.4 is 5.32 Å². The number of benzene rings is 1. The molecule has 0 fully saturated rings. The molecule has 18 heavy (non-hydrogen) atoms. The van der Waals surface area contributed by atoms with Crippen molar-refractivity contribution in [3.63, 3.8) is 0 Å². The number of hydrogen-bond acceptors (Lipinski definition) is 1. The lowest BCUT2D eigenvalue weighted by molar-refractivity contribution is 0.239. The van der Waals surface area contributed by atoms with Crippen molar-refractivity contribution < 1.29 is 0 Å². The Balaban J connectivity index is 2.82. The maximum absolute atomic E-state index is 6.29. The summed E-state index contributed by atoms with van der Waals surface area (Å²) >= 11 is 6.29. The van der Waals surface area contributed by atoms with E-state index in [1.165, 1.54) is 18.4 Å². The van der Waals surface area contributed by atoms with Crippen LogP contribution in [-0.4, -0.2) is 12.6 Å². The van der Waals surface area contributed by atoms with E-state index < -0.39 is 0 Å². The predicted molar refractivity (Wildman–Crippen MR) is 81.3 cm³/mol. The highest BCUT2D eigenvalue weighted by Gasteiger charge is 2.27. The molecule has 0 saturated heterocycles. The summed E-state index contributed by atoms with van der Waals surface area (Å²) in [4.78, 5) is 0. The molecule has 1 N–H and O–H groups in total. The Hall–Kier alpha value is -0.530. The summed E-state index contributed by atoms with van der Waals surface area (Å²) in [5, 5.41) is 4.48. The molecular weight excluding hydrogens is 242 g/mol. The van der Waals surface area contributed by atoms with E-state index in [0.717, 1.165) is 18.0 Å². The zero-order valence-corrected chi connectivity index (χ0v) is 12.8. The van der Waals surface area contributed by atoms with Crippen molar-refractivity contribution in [3.05, 3.63) is 34.9 Å². The van der Waals surface area contributed by atoms with E-state index in [9.17, 15) is 0 Å². The Morgan fingerprint density at radius 3 is 2.28 bits per heavy atom. The van der Waals surface area contributed by atoms with E-state index in [-0.39, 0.29) is 0 Å². The first kappa shape index (κ1) is 15.5. The van der Waals surface area contributed by atoms with E-state index in [2.05, 4.69) is 45.1 Å². The molecule has 0 bridgehead atoms. The van der Waals surface area contributed by atoms with E-state index in [0.29, 0.717) is 11.5 Å². The van der Waals surface area contributed by atoms with Gasteiger partial charge in [0.2, 0.25) is 0 Å². The van der Waals surface area contributed by atoms with Gasteiger partial charge in [-0.05, 0) is 36.3 Å². The highest BCUT2D eigenvalue weighted by molar-refractivity contribution is 6.31. The molecule has 0 spiro atoms. The quantitative estimate of drug-likeness (QED) is 0.756. The first-order valence-corrected chi connectivity index (χ1v) is 7.37. The van der Waals surface area contributed by atoms with Crippen LogP contribution in [0.1, 0.15) is 46.1 Å². The first-order valence-electron chi connectivity index (χ1n) is 7.00. The van der Waals surface area contributed by atoms with Gasteiger partial charge in [-0.3, -0.25) is 0 Å². The number of rotatable bonds is 7. The minimum atomic E-state index is 0.315. The Morgan fingerprint density at radius 2 is 1.78 bits per heavy atom. The molecule has 0 aliphatic rings. The molecule has 0 atom stereocenters. The fraction of sp³-hybridized carbons (Fsp3) is 0.625. The molecule has 0 amide bonds. The highest BCUT2D eigenvalue weighted by Crippen LogP contribution is 2.32. The lowest BCUT2D eigenvalue weighted by Crippen LogP contribution is -2.38. The van der Waals surface area contributed by atoms with E-state index in [1.807, 2.05) is 12.1 Å². The van der Waals surface area contributed by atoms with Crippen LogP contribution in [0, 0.1) is 5.41 Å². The standard InChI is InChI=1S/C16H26ClN/c1-5-16(6-2,12-18-13(3)4)11-14-9-7-8-10-15(14)17/h7-10,13,18H,5-6,11-12H2,1-4H3. The largest absolute Gasteiger partial charge is 0.314 e. The normalized spacial score (nSPS) is 12.1. The van der Waals surface area contributed by atoms with Gasteiger partial charge in [0.15, 0.2) is 0 Å². The highest BCUT2D eigenvalue weighted by atomic mass is 35.5. The van der Waals surface area contributed by atoms with Gasteiger partial charge in [-0.1, -0.05) is 57.5 Å². The maximum atomic E-state index is 6.29. The second kappa shape index (κ2) is 7.16. The van der Waals surface area contributed by atoms with Crippen molar-refractivity contribution in [3.8, 4) is 0 Å². The van der Waals surface area contributed by atoms with Gasteiger partial charge in [-0.25, -0.2) is 0 Å². The molecule has 102 valence electrons. The van der Waals surface area contributed by atoms with Gasteiger partial charge in [0, 0.05) is 17.6 Å². The monoisotopic (exact) mass is 267 g/mol. The van der Waals surface area contributed by atoms with Gasteiger partial charge in [0.1, 0.15) is 0 Å². The lowest BCUT2D eigenvalue weighted by atomic mass is 9.76. The SMILES string of the molecule is CCC(CC)(CNC(C)C)Cc1ccccc1Cl. The van der Waals surface area contributed by atoms with Crippen LogP contribution in [0.4, 0.5) is 0 Å². The summed E-state index contributed by atoms with van der Waals surface area (Å²) in [5.41, 5.74) is 1.59. The topological polar surface area (TPSA) is 12.0 Å². The van der Waals surface area contributed by atoms with Crippen molar-refractivity contribution in [2.24, 2.45) is 5.41 Å². The van der Waals surface area contributed by atoms with Crippen molar-refractivity contribution in [1.29, 1.82) is 0 Å². The average molecular weight is 268 g/mol. The van der Waals surface area contributed by atoms with Crippen LogP contribution in [0.2, 0.25) is 5.02 Å². The van der Waals surface area contributed by atoms with Crippen molar-refractivity contribution in [1.82, 2.24) is 5.32 Å². The average Bonchev–Trinajstić information content (AvgIpc) is 2.37. The lowest BCUT2D eigenvalue weighted by Gasteiger charge is -2.33. The molecule has 0 heterocycles. The molecule has 1 nitrogen and oxygen atoms in total. The summed E-state index contributed by atoms with van der Waals surface area (Å²) in [6, 6.07) is 8.75. The molecule has 2 heteroatoms. The molecular formula is C16H26ClN. The van der Waals surface area contributed by atoms with Crippen LogP contribution in [0.25, 0.3) is 0 Å². The second-order valence-electron chi connectivity index (χ2n) is 5.51. The van der Waals surface area contributed by atoms with E-state index in [1.54, 1.807) is 0 Å². The Morgan fingerprint density at radius 1 is 1.17 bits per heavy atom. The molecule has 1 aromatic rings. The van der Waals surface area contributed by atoms with Gasteiger partial charge in [-0.2, -0.15) is 0 Å². The first-order chi connectivity index (χ1) is 8.53. The number of halogens is 1. The molecule has 0 aliphatic heterocycles. The van der Waals surface area contributed by atoms with Crippen LogP contribution in [-0.2, 0) is 6.42 Å². The van der Waals surface area contributed by atoms with Crippen LogP contribution in [0.5, 0.6) is 0 Å². The number of nitrogens with one attached hydrogen (secondary N) is 1. The summed E-state index contributed by atoms with van der Waals surface area (Å²) < 4.78 is 0.